The van der Waals surface area contributed by atoms with Crippen LogP contribution in [-0.2, 0) is 19.5 Å². The molecular formula is C19H28IN7. The summed E-state index contributed by atoms with van der Waals surface area (Å²) in [5, 5.41) is 15.5. The SMILES string of the molecule is CN=C(NCc1nnc2n1CCC2)NC1CCN(c2ccc(C)cc2)C1.I. The zero-order valence-corrected chi connectivity index (χ0v) is 18.3. The van der Waals surface area contributed by atoms with Crippen LogP contribution >= 0.6 is 24.0 Å². The van der Waals surface area contributed by atoms with E-state index < -0.39 is 0 Å². The number of rotatable bonds is 4. The highest BCUT2D eigenvalue weighted by Gasteiger charge is 2.24. The molecule has 2 N–H and O–H groups in total. The second-order valence-corrected chi connectivity index (χ2v) is 7.12. The number of nitrogens with zero attached hydrogens (tertiary/aromatic N) is 5. The van der Waals surface area contributed by atoms with E-state index in [1.165, 1.54) is 17.7 Å². The zero-order valence-electron chi connectivity index (χ0n) is 16.0. The predicted molar refractivity (Wildman–Crippen MR) is 119 cm³/mol. The second-order valence-electron chi connectivity index (χ2n) is 7.12. The molecule has 0 spiro atoms. The van der Waals surface area contributed by atoms with Crippen molar-refractivity contribution < 1.29 is 0 Å². The number of nitrogens with one attached hydrogen (secondary N) is 2. The number of halogens is 1. The fourth-order valence-corrected chi connectivity index (χ4v) is 3.76. The van der Waals surface area contributed by atoms with E-state index in [-0.39, 0.29) is 24.0 Å². The molecule has 146 valence electrons. The van der Waals surface area contributed by atoms with Gasteiger partial charge in [-0.15, -0.1) is 34.2 Å². The van der Waals surface area contributed by atoms with E-state index in [1.54, 1.807) is 0 Å². The molecule has 1 aromatic carbocycles. The third kappa shape index (κ3) is 4.53. The first-order valence-corrected chi connectivity index (χ1v) is 9.42. The molecule has 3 heterocycles. The monoisotopic (exact) mass is 481 g/mol. The summed E-state index contributed by atoms with van der Waals surface area (Å²) < 4.78 is 2.22. The molecule has 1 fully saturated rings. The van der Waals surface area contributed by atoms with Gasteiger partial charge in [-0.25, -0.2) is 0 Å². The van der Waals surface area contributed by atoms with Crippen molar-refractivity contribution in [1.29, 1.82) is 0 Å². The molecule has 8 heteroatoms. The first-order valence-electron chi connectivity index (χ1n) is 9.42. The van der Waals surface area contributed by atoms with Gasteiger partial charge in [-0.1, -0.05) is 17.7 Å². The summed E-state index contributed by atoms with van der Waals surface area (Å²) in [4.78, 5) is 6.80. The summed E-state index contributed by atoms with van der Waals surface area (Å²) in [7, 11) is 1.82. The first kappa shape index (κ1) is 19.9. The standard InChI is InChI=1S/C19H27N7.HI/c1-14-5-7-16(8-6-14)25-11-9-15(13-25)22-19(20-2)21-12-18-24-23-17-4-3-10-26(17)18;/h5-8,15H,3-4,9-13H2,1-2H3,(H2,20,21,22);1H. The van der Waals surface area contributed by atoms with Gasteiger partial charge in [0, 0.05) is 44.8 Å². The van der Waals surface area contributed by atoms with E-state index >= 15 is 0 Å². The van der Waals surface area contributed by atoms with Crippen LogP contribution in [0.25, 0.3) is 0 Å². The van der Waals surface area contributed by atoms with E-state index in [9.17, 15) is 0 Å². The van der Waals surface area contributed by atoms with Crippen molar-refractivity contribution in [3.05, 3.63) is 41.5 Å². The average molecular weight is 481 g/mol. The number of guanidine groups is 1. The highest BCUT2D eigenvalue weighted by molar-refractivity contribution is 14.0. The minimum atomic E-state index is 0. The smallest absolute Gasteiger partial charge is 0.191 e. The van der Waals surface area contributed by atoms with Crippen molar-refractivity contribution in [3.63, 3.8) is 0 Å². The van der Waals surface area contributed by atoms with Gasteiger partial charge in [0.25, 0.3) is 0 Å². The first-order chi connectivity index (χ1) is 12.7. The molecule has 0 amide bonds. The Hall–Kier alpha value is -1.84. The molecular weight excluding hydrogens is 453 g/mol. The number of benzene rings is 1. The van der Waals surface area contributed by atoms with Crippen molar-refractivity contribution in [2.45, 2.75) is 45.3 Å². The van der Waals surface area contributed by atoms with Crippen molar-refractivity contribution in [3.8, 4) is 0 Å². The topological polar surface area (TPSA) is 70.4 Å². The Bertz CT molecular complexity index is 784. The van der Waals surface area contributed by atoms with Crippen molar-refractivity contribution in [2.24, 2.45) is 4.99 Å². The van der Waals surface area contributed by atoms with Gasteiger partial charge in [-0.3, -0.25) is 4.99 Å². The van der Waals surface area contributed by atoms with Crippen LogP contribution in [-0.4, -0.2) is 46.9 Å². The van der Waals surface area contributed by atoms with Gasteiger partial charge >= 0.3 is 0 Å². The second kappa shape index (κ2) is 8.90. The summed E-state index contributed by atoms with van der Waals surface area (Å²) >= 11 is 0. The normalized spacial score (nSPS) is 19.0. The maximum atomic E-state index is 4.37. The Morgan fingerprint density at radius 3 is 2.81 bits per heavy atom. The van der Waals surface area contributed by atoms with Crippen LogP contribution in [0.3, 0.4) is 0 Å². The number of aromatic nitrogens is 3. The number of aliphatic imine (C=N–C) groups is 1. The van der Waals surface area contributed by atoms with E-state index in [2.05, 4.69) is 66.5 Å². The third-order valence-electron chi connectivity index (χ3n) is 5.25. The Morgan fingerprint density at radius 1 is 1.22 bits per heavy atom. The van der Waals surface area contributed by atoms with Gasteiger partial charge < -0.3 is 20.1 Å². The Balaban J connectivity index is 0.00000210. The molecule has 7 nitrogen and oxygen atoms in total. The van der Waals surface area contributed by atoms with Gasteiger partial charge in [0.05, 0.1) is 6.54 Å². The molecule has 4 rings (SSSR count). The lowest BCUT2D eigenvalue weighted by Gasteiger charge is -2.20. The number of hydrogen-bond donors (Lipinski definition) is 2. The molecule has 1 unspecified atom stereocenters. The van der Waals surface area contributed by atoms with E-state index in [1.807, 2.05) is 7.05 Å². The van der Waals surface area contributed by atoms with Crippen LogP contribution in [0.1, 0.15) is 30.1 Å². The summed E-state index contributed by atoms with van der Waals surface area (Å²) in [6.45, 7) is 5.86. The molecule has 1 atom stereocenters. The lowest BCUT2D eigenvalue weighted by atomic mass is 10.2. The minimum absolute atomic E-state index is 0. The average Bonchev–Trinajstić information content (AvgIpc) is 3.37. The van der Waals surface area contributed by atoms with Crippen LogP contribution in [0.2, 0.25) is 0 Å². The minimum Gasteiger partial charge on any atom is -0.369 e. The lowest BCUT2D eigenvalue weighted by molar-refractivity contribution is 0.630. The van der Waals surface area contributed by atoms with Crippen LogP contribution in [0.4, 0.5) is 5.69 Å². The van der Waals surface area contributed by atoms with E-state index in [4.69, 9.17) is 0 Å². The van der Waals surface area contributed by atoms with Gasteiger partial charge in [0.2, 0.25) is 0 Å². The predicted octanol–water partition coefficient (Wildman–Crippen LogP) is 2.09. The van der Waals surface area contributed by atoms with Gasteiger partial charge in [-0.05, 0) is 31.9 Å². The summed E-state index contributed by atoms with van der Waals surface area (Å²) in [5.74, 6) is 2.93. The molecule has 0 aliphatic carbocycles. The number of fused-ring (bicyclic) bond motifs is 1. The van der Waals surface area contributed by atoms with Crippen LogP contribution < -0.4 is 15.5 Å². The summed E-state index contributed by atoms with van der Waals surface area (Å²) in [5.41, 5.74) is 2.59. The largest absolute Gasteiger partial charge is 0.369 e. The van der Waals surface area contributed by atoms with Gasteiger partial charge in [-0.2, -0.15) is 0 Å². The Labute approximate surface area is 177 Å². The van der Waals surface area contributed by atoms with Crippen LogP contribution in [0, 0.1) is 6.92 Å². The molecule has 1 saturated heterocycles. The molecule has 0 bridgehead atoms. The van der Waals surface area contributed by atoms with Crippen molar-refractivity contribution >= 4 is 35.6 Å². The molecule has 0 radical (unpaired) electrons. The highest BCUT2D eigenvalue weighted by Crippen LogP contribution is 2.20. The molecule has 2 aliphatic rings. The van der Waals surface area contributed by atoms with Gasteiger partial charge in [0.15, 0.2) is 11.8 Å². The third-order valence-corrected chi connectivity index (χ3v) is 5.25. The quantitative estimate of drug-likeness (QED) is 0.398. The van der Waals surface area contributed by atoms with Gasteiger partial charge in [0.1, 0.15) is 5.82 Å². The maximum absolute atomic E-state index is 4.37. The number of aryl methyl sites for hydroxylation is 2. The molecule has 27 heavy (non-hydrogen) atoms. The van der Waals surface area contributed by atoms with Crippen LogP contribution in [0.5, 0.6) is 0 Å². The molecule has 1 aromatic heterocycles. The molecule has 2 aliphatic heterocycles. The molecule has 2 aromatic rings. The molecule has 0 saturated carbocycles. The van der Waals surface area contributed by atoms with E-state index in [0.717, 1.165) is 50.1 Å². The van der Waals surface area contributed by atoms with Crippen LogP contribution in [0.15, 0.2) is 29.3 Å². The fraction of sp³-hybridized carbons (Fsp3) is 0.526. The number of anilines is 1. The summed E-state index contributed by atoms with van der Waals surface area (Å²) in [6, 6.07) is 9.15. The Kier molecular flexibility index (Phi) is 6.56. The van der Waals surface area contributed by atoms with E-state index in [0.29, 0.717) is 12.6 Å². The summed E-state index contributed by atoms with van der Waals surface area (Å²) in [6.07, 6.45) is 3.31. The van der Waals surface area contributed by atoms with Crippen molar-refractivity contribution in [1.82, 2.24) is 25.4 Å². The highest BCUT2D eigenvalue weighted by atomic mass is 127. The number of hydrogen-bond acceptors (Lipinski definition) is 4. The Morgan fingerprint density at radius 2 is 2.04 bits per heavy atom. The zero-order chi connectivity index (χ0) is 17.9. The van der Waals surface area contributed by atoms with Crippen molar-refractivity contribution in [2.75, 3.05) is 25.0 Å². The maximum Gasteiger partial charge on any atom is 0.191 e. The fourth-order valence-electron chi connectivity index (χ4n) is 3.76. The lowest BCUT2D eigenvalue weighted by Crippen LogP contribution is -2.44.